The van der Waals surface area contributed by atoms with Crippen molar-refractivity contribution >= 4 is 17.9 Å². The molecule has 0 amide bonds. The molecule has 6 heteroatoms. The van der Waals surface area contributed by atoms with Crippen LogP contribution in [-0.4, -0.2) is 37.2 Å². The first-order valence-corrected chi connectivity index (χ1v) is 23.8. The molecular weight excluding hydrogens is 685 g/mol. The molecule has 0 spiro atoms. The van der Waals surface area contributed by atoms with Gasteiger partial charge in [0, 0.05) is 19.3 Å². The highest BCUT2D eigenvalue weighted by atomic mass is 16.6. The van der Waals surface area contributed by atoms with E-state index in [2.05, 4.69) is 45.1 Å². The quantitative estimate of drug-likeness (QED) is 0.0266. The summed E-state index contributed by atoms with van der Waals surface area (Å²) in [6.45, 7) is 6.59. The predicted octanol–water partition coefficient (Wildman–Crippen LogP) is 15.2. The van der Waals surface area contributed by atoms with Crippen molar-refractivity contribution in [3.8, 4) is 0 Å². The zero-order chi connectivity index (χ0) is 40.1. The summed E-state index contributed by atoms with van der Waals surface area (Å²) < 4.78 is 16.7. The van der Waals surface area contributed by atoms with Gasteiger partial charge in [-0.25, -0.2) is 0 Å². The summed E-state index contributed by atoms with van der Waals surface area (Å²) in [7, 11) is 0. The van der Waals surface area contributed by atoms with E-state index in [1.807, 2.05) is 0 Å². The molecule has 0 bridgehead atoms. The van der Waals surface area contributed by atoms with Crippen molar-refractivity contribution in [1.29, 1.82) is 0 Å². The monoisotopic (exact) mass is 775 g/mol. The smallest absolute Gasteiger partial charge is 0.306 e. The van der Waals surface area contributed by atoms with Gasteiger partial charge in [-0.2, -0.15) is 0 Å². The fraction of sp³-hybridized carbons (Fsp3) is 0.857. The highest BCUT2D eigenvalue weighted by molar-refractivity contribution is 5.71. The van der Waals surface area contributed by atoms with Gasteiger partial charge in [0.15, 0.2) is 6.10 Å². The van der Waals surface area contributed by atoms with E-state index >= 15 is 0 Å². The van der Waals surface area contributed by atoms with Gasteiger partial charge in [0.25, 0.3) is 0 Å². The first-order valence-electron chi connectivity index (χ1n) is 23.8. The molecule has 0 radical (unpaired) electrons. The van der Waals surface area contributed by atoms with Gasteiger partial charge in [0.05, 0.1) is 0 Å². The molecule has 0 aromatic carbocycles. The van der Waals surface area contributed by atoms with Crippen LogP contribution in [0.25, 0.3) is 0 Å². The molecule has 0 unspecified atom stereocenters. The fourth-order valence-electron chi connectivity index (χ4n) is 6.78. The van der Waals surface area contributed by atoms with Crippen LogP contribution in [0.2, 0.25) is 0 Å². The SMILES string of the molecule is CCCCC/C=C\CCCCCCCC(=O)O[C@@H](COC(=O)CCCCCCC/C=C\CCCCCC)COC(=O)CCCCCCCCCCCCCC. The highest BCUT2D eigenvalue weighted by Gasteiger charge is 2.19. The maximum atomic E-state index is 12.7. The van der Waals surface area contributed by atoms with E-state index in [0.29, 0.717) is 19.3 Å². The Hall–Kier alpha value is -2.11. The fourth-order valence-corrected chi connectivity index (χ4v) is 6.78. The number of allylic oxidation sites excluding steroid dienone is 4. The van der Waals surface area contributed by atoms with Crippen molar-refractivity contribution < 1.29 is 28.6 Å². The van der Waals surface area contributed by atoms with E-state index in [1.165, 1.54) is 141 Å². The van der Waals surface area contributed by atoms with Crippen LogP contribution in [0.3, 0.4) is 0 Å². The van der Waals surface area contributed by atoms with Gasteiger partial charge < -0.3 is 14.2 Å². The second-order valence-electron chi connectivity index (χ2n) is 16.0. The second kappa shape index (κ2) is 44.6. The number of esters is 3. The average molecular weight is 775 g/mol. The molecule has 0 heterocycles. The Labute approximate surface area is 341 Å². The van der Waals surface area contributed by atoms with E-state index in [9.17, 15) is 14.4 Å². The zero-order valence-electron chi connectivity index (χ0n) is 36.7. The summed E-state index contributed by atoms with van der Waals surface area (Å²) in [4.78, 5) is 37.8. The second-order valence-corrected chi connectivity index (χ2v) is 16.0. The third-order valence-corrected chi connectivity index (χ3v) is 10.4. The van der Waals surface area contributed by atoms with Crippen LogP contribution in [0.15, 0.2) is 24.3 Å². The first-order chi connectivity index (χ1) is 27.0. The van der Waals surface area contributed by atoms with Crippen molar-refractivity contribution in [2.45, 2.75) is 258 Å². The number of carbonyl (C=O) groups is 3. The Morgan fingerprint density at radius 3 is 0.964 bits per heavy atom. The van der Waals surface area contributed by atoms with Crippen molar-refractivity contribution in [1.82, 2.24) is 0 Å². The predicted molar refractivity (Wildman–Crippen MR) is 233 cm³/mol. The molecule has 55 heavy (non-hydrogen) atoms. The molecule has 0 saturated heterocycles. The number of hydrogen-bond donors (Lipinski definition) is 0. The van der Waals surface area contributed by atoms with Crippen LogP contribution >= 0.6 is 0 Å². The van der Waals surface area contributed by atoms with Crippen LogP contribution in [-0.2, 0) is 28.6 Å². The van der Waals surface area contributed by atoms with Gasteiger partial charge in [0.2, 0.25) is 0 Å². The van der Waals surface area contributed by atoms with Crippen molar-refractivity contribution in [2.24, 2.45) is 0 Å². The Morgan fingerprint density at radius 1 is 0.345 bits per heavy atom. The lowest BCUT2D eigenvalue weighted by Crippen LogP contribution is -2.30. The maximum absolute atomic E-state index is 12.7. The number of carbonyl (C=O) groups excluding carboxylic acids is 3. The van der Waals surface area contributed by atoms with Crippen molar-refractivity contribution in [2.75, 3.05) is 13.2 Å². The summed E-state index contributed by atoms with van der Waals surface area (Å²) in [5.41, 5.74) is 0. The number of unbranched alkanes of at least 4 members (excludes halogenated alkanes) is 28. The molecule has 0 aliphatic carbocycles. The highest BCUT2D eigenvalue weighted by Crippen LogP contribution is 2.15. The zero-order valence-corrected chi connectivity index (χ0v) is 36.7. The lowest BCUT2D eigenvalue weighted by Gasteiger charge is -2.18. The van der Waals surface area contributed by atoms with Crippen LogP contribution in [0.1, 0.15) is 252 Å². The molecule has 1 atom stereocenters. The molecule has 322 valence electrons. The average Bonchev–Trinajstić information content (AvgIpc) is 3.18. The molecule has 0 aliphatic heterocycles. The Bertz CT molecular complexity index is 896. The van der Waals surface area contributed by atoms with Crippen molar-refractivity contribution in [3.05, 3.63) is 24.3 Å². The van der Waals surface area contributed by atoms with E-state index in [-0.39, 0.29) is 31.1 Å². The third-order valence-electron chi connectivity index (χ3n) is 10.4. The summed E-state index contributed by atoms with van der Waals surface area (Å²) in [6, 6.07) is 0. The Balaban J connectivity index is 4.37. The largest absolute Gasteiger partial charge is 0.462 e. The van der Waals surface area contributed by atoms with E-state index in [1.54, 1.807) is 0 Å². The van der Waals surface area contributed by atoms with Gasteiger partial charge in [-0.3, -0.25) is 14.4 Å². The maximum Gasteiger partial charge on any atom is 0.306 e. The standard InChI is InChI=1S/C49H90O6/c1-4-7-10-13-16-19-22-25-28-30-33-36-39-42-48(51)54-45-46(55-49(52)43-40-37-34-31-27-24-21-18-15-12-9-6-3)44-53-47(50)41-38-35-32-29-26-23-20-17-14-11-8-5-2/h18-19,21-22,46H,4-17,20,23-45H2,1-3H3/b21-18-,22-19-/t46-/m1/s1. The Kier molecular flexibility index (Phi) is 42.9. The number of ether oxygens (including phenoxy) is 3. The number of hydrogen-bond acceptors (Lipinski definition) is 6. The van der Waals surface area contributed by atoms with Crippen molar-refractivity contribution in [3.63, 3.8) is 0 Å². The van der Waals surface area contributed by atoms with Crippen LogP contribution < -0.4 is 0 Å². The number of rotatable bonds is 43. The van der Waals surface area contributed by atoms with E-state index in [4.69, 9.17) is 14.2 Å². The molecule has 0 aromatic heterocycles. The molecule has 0 N–H and O–H groups in total. The topological polar surface area (TPSA) is 78.9 Å². The minimum Gasteiger partial charge on any atom is -0.462 e. The molecule has 0 fully saturated rings. The first kappa shape index (κ1) is 52.9. The normalized spacial score (nSPS) is 12.1. The van der Waals surface area contributed by atoms with Crippen LogP contribution in [0.5, 0.6) is 0 Å². The lowest BCUT2D eigenvalue weighted by atomic mass is 10.0. The molecule has 0 aliphatic rings. The summed E-state index contributed by atoms with van der Waals surface area (Å²) in [6.07, 6.45) is 48.7. The van der Waals surface area contributed by atoms with E-state index in [0.717, 1.165) is 70.6 Å². The van der Waals surface area contributed by atoms with Gasteiger partial charge in [0.1, 0.15) is 13.2 Å². The summed E-state index contributed by atoms with van der Waals surface area (Å²) in [5.74, 6) is -0.886. The van der Waals surface area contributed by atoms with Gasteiger partial charge in [-0.05, 0) is 70.6 Å². The Morgan fingerprint density at radius 2 is 0.600 bits per heavy atom. The summed E-state index contributed by atoms with van der Waals surface area (Å²) in [5, 5.41) is 0. The third kappa shape index (κ3) is 42.9. The molecule has 6 nitrogen and oxygen atoms in total. The van der Waals surface area contributed by atoms with Crippen LogP contribution in [0.4, 0.5) is 0 Å². The molecule has 0 aromatic rings. The summed E-state index contributed by atoms with van der Waals surface area (Å²) >= 11 is 0. The minimum absolute atomic E-state index is 0.0741. The van der Waals surface area contributed by atoms with Gasteiger partial charge >= 0.3 is 17.9 Å². The molecule has 0 saturated carbocycles. The minimum atomic E-state index is -0.772. The van der Waals surface area contributed by atoms with E-state index < -0.39 is 6.10 Å². The lowest BCUT2D eigenvalue weighted by molar-refractivity contribution is -0.167. The van der Waals surface area contributed by atoms with Crippen LogP contribution in [0, 0.1) is 0 Å². The molecular formula is C49H90O6. The van der Waals surface area contributed by atoms with Gasteiger partial charge in [-0.15, -0.1) is 0 Å². The van der Waals surface area contributed by atoms with Gasteiger partial charge in [-0.1, -0.05) is 186 Å². The molecule has 0 rings (SSSR count).